The number of urea groups is 1. The quantitative estimate of drug-likeness (QED) is 0.675. The van der Waals surface area contributed by atoms with Gasteiger partial charge in [0.05, 0.1) is 13.2 Å². The second-order valence-electron chi connectivity index (χ2n) is 5.77. The third-order valence-electron chi connectivity index (χ3n) is 4.10. The molecule has 2 amide bonds. The Labute approximate surface area is 132 Å². The summed E-state index contributed by atoms with van der Waals surface area (Å²) in [6.45, 7) is 1.66. The molecular formula is C17H26N2O3. The van der Waals surface area contributed by atoms with Gasteiger partial charge >= 0.3 is 6.03 Å². The van der Waals surface area contributed by atoms with Crippen LogP contribution in [0, 0.1) is 5.92 Å². The molecule has 1 aliphatic carbocycles. The van der Waals surface area contributed by atoms with Gasteiger partial charge in [-0.25, -0.2) is 4.79 Å². The van der Waals surface area contributed by atoms with Gasteiger partial charge in [-0.2, -0.15) is 0 Å². The minimum Gasteiger partial charge on any atom is -0.396 e. The van der Waals surface area contributed by atoms with Gasteiger partial charge in [0.15, 0.2) is 0 Å². The Morgan fingerprint density at radius 1 is 1.23 bits per heavy atom. The summed E-state index contributed by atoms with van der Waals surface area (Å²) in [5.74, 6) is 0.189. The van der Waals surface area contributed by atoms with E-state index in [1.807, 2.05) is 30.3 Å². The molecule has 122 valence electrons. The van der Waals surface area contributed by atoms with Crippen molar-refractivity contribution in [3.8, 4) is 0 Å². The molecule has 2 unspecified atom stereocenters. The van der Waals surface area contributed by atoms with Crippen LogP contribution >= 0.6 is 0 Å². The Balaban J connectivity index is 1.57. The second kappa shape index (κ2) is 9.43. The average molecular weight is 306 g/mol. The number of amides is 2. The summed E-state index contributed by atoms with van der Waals surface area (Å²) in [6.07, 6.45) is 4.19. The molecule has 1 saturated carbocycles. The Morgan fingerprint density at radius 2 is 2.00 bits per heavy atom. The van der Waals surface area contributed by atoms with E-state index < -0.39 is 0 Å². The highest BCUT2D eigenvalue weighted by atomic mass is 16.5. The molecule has 2 rings (SSSR count). The number of aliphatic hydroxyl groups excluding tert-OH is 1. The van der Waals surface area contributed by atoms with Crippen LogP contribution in [-0.4, -0.2) is 36.9 Å². The maximum Gasteiger partial charge on any atom is 0.315 e. The number of nitrogens with one attached hydrogen (secondary N) is 2. The highest BCUT2D eigenvalue weighted by Gasteiger charge is 2.25. The number of hydrogen-bond acceptors (Lipinski definition) is 3. The van der Waals surface area contributed by atoms with E-state index in [0.717, 1.165) is 31.2 Å². The molecule has 0 heterocycles. The maximum absolute atomic E-state index is 11.8. The largest absolute Gasteiger partial charge is 0.396 e. The number of carbonyl (C=O) groups excluding carboxylic acids is 1. The molecule has 5 heteroatoms. The standard InChI is InChI=1S/C17H26N2O3/c20-12-15-8-4-5-9-16(15)19-17(21)18-10-11-22-13-14-6-2-1-3-7-14/h1-3,6-7,15-16,20H,4-5,8-13H2,(H2,18,19,21). The van der Waals surface area contributed by atoms with Gasteiger partial charge in [-0.1, -0.05) is 43.2 Å². The monoisotopic (exact) mass is 306 g/mol. The molecule has 22 heavy (non-hydrogen) atoms. The molecule has 0 spiro atoms. The van der Waals surface area contributed by atoms with Crippen molar-refractivity contribution in [1.29, 1.82) is 0 Å². The minimum absolute atomic E-state index is 0.0870. The van der Waals surface area contributed by atoms with Gasteiger partial charge in [-0.15, -0.1) is 0 Å². The molecule has 0 aromatic heterocycles. The number of rotatable bonds is 7. The van der Waals surface area contributed by atoms with E-state index in [1.54, 1.807) is 0 Å². The lowest BCUT2D eigenvalue weighted by atomic mass is 9.85. The molecule has 0 saturated heterocycles. The number of hydrogen-bond donors (Lipinski definition) is 3. The van der Waals surface area contributed by atoms with Crippen molar-refractivity contribution in [3.05, 3.63) is 35.9 Å². The fraction of sp³-hybridized carbons (Fsp3) is 0.588. The Kier molecular flexibility index (Phi) is 7.19. The van der Waals surface area contributed by atoms with Gasteiger partial charge in [0.2, 0.25) is 0 Å². The predicted molar refractivity (Wildman–Crippen MR) is 85.5 cm³/mol. The topological polar surface area (TPSA) is 70.6 Å². The molecule has 1 fully saturated rings. The van der Waals surface area contributed by atoms with Crippen LogP contribution in [0.25, 0.3) is 0 Å². The number of aliphatic hydroxyl groups is 1. The van der Waals surface area contributed by atoms with Crippen molar-refractivity contribution in [1.82, 2.24) is 10.6 Å². The molecule has 5 nitrogen and oxygen atoms in total. The zero-order chi connectivity index (χ0) is 15.6. The average Bonchev–Trinajstić information content (AvgIpc) is 2.56. The van der Waals surface area contributed by atoms with Gasteiger partial charge in [-0.05, 0) is 18.4 Å². The molecular weight excluding hydrogens is 280 g/mol. The normalized spacial score (nSPS) is 21.3. The third-order valence-corrected chi connectivity index (χ3v) is 4.10. The number of benzene rings is 1. The van der Waals surface area contributed by atoms with E-state index in [0.29, 0.717) is 19.8 Å². The number of carbonyl (C=O) groups is 1. The van der Waals surface area contributed by atoms with E-state index in [4.69, 9.17) is 4.74 Å². The van der Waals surface area contributed by atoms with Gasteiger partial charge in [0.1, 0.15) is 0 Å². The maximum atomic E-state index is 11.8. The summed E-state index contributed by atoms with van der Waals surface area (Å²) in [5, 5.41) is 15.1. The van der Waals surface area contributed by atoms with Gasteiger partial charge in [-0.3, -0.25) is 0 Å². The van der Waals surface area contributed by atoms with Crippen LogP contribution in [0.2, 0.25) is 0 Å². The van der Waals surface area contributed by atoms with Crippen molar-refractivity contribution in [2.45, 2.75) is 38.3 Å². The van der Waals surface area contributed by atoms with Gasteiger partial charge < -0.3 is 20.5 Å². The summed E-state index contributed by atoms with van der Waals surface area (Å²) in [5.41, 5.74) is 1.12. The molecule has 1 aliphatic rings. The van der Waals surface area contributed by atoms with Crippen LogP contribution in [0.3, 0.4) is 0 Å². The SMILES string of the molecule is O=C(NCCOCc1ccccc1)NC1CCCCC1CO. The lowest BCUT2D eigenvalue weighted by Crippen LogP contribution is -2.48. The van der Waals surface area contributed by atoms with Crippen LogP contribution < -0.4 is 10.6 Å². The molecule has 2 atom stereocenters. The van der Waals surface area contributed by atoms with Crippen molar-refractivity contribution < 1.29 is 14.6 Å². The molecule has 0 aliphatic heterocycles. The van der Waals surface area contributed by atoms with Crippen molar-refractivity contribution in [3.63, 3.8) is 0 Å². The first kappa shape index (κ1) is 16.8. The minimum atomic E-state index is -0.173. The van der Waals surface area contributed by atoms with Crippen molar-refractivity contribution in [2.24, 2.45) is 5.92 Å². The fourth-order valence-electron chi connectivity index (χ4n) is 2.84. The fourth-order valence-corrected chi connectivity index (χ4v) is 2.84. The van der Waals surface area contributed by atoms with Crippen LogP contribution in [-0.2, 0) is 11.3 Å². The third kappa shape index (κ3) is 5.66. The summed E-state index contributed by atoms with van der Waals surface area (Å²) in [4.78, 5) is 11.8. The molecule has 1 aromatic carbocycles. The second-order valence-corrected chi connectivity index (χ2v) is 5.77. The van der Waals surface area contributed by atoms with Gasteiger partial charge in [0, 0.05) is 25.1 Å². The summed E-state index contributed by atoms with van der Waals surface area (Å²) in [6, 6.07) is 9.87. The highest BCUT2D eigenvalue weighted by Crippen LogP contribution is 2.23. The molecule has 3 N–H and O–H groups in total. The predicted octanol–water partition coefficient (Wildman–Crippen LogP) is 2.05. The van der Waals surface area contributed by atoms with E-state index in [1.165, 1.54) is 0 Å². The van der Waals surface area contributed by atoms with E-state index in [9.17, 15) is 9.90 Å². The molecule has 0 bridgehead atoms. The van der Waals surface area contributed by atoms with Crippen molar-refractivity contribution >= 4 is 6.03 Å². The summed E-state index contributed by atoms with van der Waals surface area (Å²) < 4.78 is 5.52. The Hall–Kier alpha value is -1.59. The van der Waals surface area contributed by atoms with Crippen LogP contribution in [0.4, 0.5) is 4.79 Å². The number of ether oxygens (including phenoxy) is 1. The van der Waals surface area contributed by atoms with E-state index in [-0.39, 0.29) is 24.6 Å². The van der Waals surface area contributed by atoms with E-state index >= 15 is 0 Å². The smallest absolute Gasteiger partial charge is 0.315 e. The first-order chi connectivity index (χ1) is 10.8. The lowest BCUT2D eigenvalue weighted by molar-refractivity contribution is 0.122. The summed E-state index contributed by atoms with van der Waals surface area (Å²) in [7, 11) is 0. The molecule has 0 radical (unpaired) electrons. The molecule has 1 aromatic rings. The van der Waals surface area contributed by atoms with Crippen LogP contribution in [0.15, 0.2) is 30.3 Å². The van der Waals surface area contributed by atoms with Crippen molar-refractivity contribution in [2.75, 3.05) is 19.8 Å². The first-order valence-electron chi connectivity index (χ1n) is 8.06. The summed E-state index contributed by atoms with van der Waals surface area (Å²) >= 11 is 0. The zero-order valence-electron chi connectivity index (χ0n) is 13.0. The Bertz CT molecular complexity index is 439. The van der Waals surface area contributed by atoms with E-state index in [2.05, 4.69) is 10.6 Å². The highest BCUT2D eigenvalue weighted by molar-refractivity contribution is 5.74. The van der Waals surface area contributed by atoms with Crippen LogP contribution in [0.5, 0.6) is 0 Å². The Morgan fingerprint density at radius 3 is 2.77 bits per heavy atom. The first-order valence-corrected chi connectivity index (χ1v) is 8.06. The van der Waals surface area contributed by atoms with Crippen LogP contribution in [0.1, 0.15) is 31.2 Å². The zero-order valence-corrected chi connectivity index (χ0v) is 13.0. The lowest BCUT2D eigenvalue weighted by Gasteiger charge is -2.30. The van der Waals surface area contributed by atoms with Gasteiger partial charge in [0.25, 0.3) is 0 Å².